The van der Waals surface area contributed by atoms with Crippen molar-refractivity contribution in [3.63, 3.8) is 0 Å². The summed E-state index contributed by atoms with van der Waals surface area (Å²) in [6.07, 6.45) is 0. The number of benzene rings is 10. The Morgan fingerprint density at radius 1 is 0.391 bits per heavy atom. The summed E-state index contributed by atoms with van der Waals surface area (Å²) in [5.41, 5.74) is 15.4. The molecule has 0 spiro atoms. The fraction of sp³-hybridized carbons (Fsp3) is 0. The fourth-order valence-corrected chi connectivity index (χ4v) is 11.1. The third-order valence-corrected chi connectivity index (χ3v) is 14.0. The summed E-state index contributed by atoms with van der Waals surface area (Å²) < 4.78 is 11.5. The van der Waals surface area contributed by atoms with Gasteiger partial charge in [0.15, 0.2) is 0 Å². The van der Waals surface area contributed by atoms with Gasteiger partial charge in [-0.15, -0.1) is 11.3 Å². The van der Waals surface area contributed by atoms with E-state index >= 15 is 0 Å². The molecule has 0 unspecified atom stereocenters. The minimum atomic E-state index is 0.895. The molecule has 64 heavy (non-hydrogen) atoms. The molecule has 0 amide bonds. The number of thiophene rings is 1. The molecule has 3 aromatic heterocycles. The van der Waals surface area contributed by atoms with Gasteiger partial charge in [0.1, 0.15) is 11.2 Å². The zero-order valence-corrected chi connectivity index (χ0v) is 35.5. The maximum Gasteiger partial charge on any atom is 0.143 e. The van der Waals surface area contributed by atoms with Gasteiger partial charge >= 0.3 is 0 Å². The molecule has 0 atom stereocenters. The van der Waals surface area contributed by atoms with Crippen molar-refractivity contribution >= 4 is 92.3 Å². The molecule has 13 aromatic rings. The quantitative estimate of drug-likeness (QED) is 0.159. The predicted octanol–water partition coefficient (Wildman–Crippen LogP) is 17.5. The lowest BCUT2D eigenvalue weighted by Gasteiger charge is -2.29. The van der Waals surface area contributed by atoms with Crippen LogP contribution in [0.5, 0.6) is 0 Å². The van der Waals surface area contributed by atoms with E-state index in [1.807, 2.05) is 17.4 Å². The van der Waals surface area contributed by atoms with Crippen LogP contribution in [0.2, 0.25) is 0 Å². The summed E-state index contributed by atoms with van der Waals surface area (Å²) in [5.74, 6) is 0. The van der Waals surface area contributed by atoms with Crippen LogP contribution in [0.1, 0.15) is 0 Å². The van der Waals surface area contributed by atoms with E-state index in [1.54, 1.807) is 0 Å². The zero-order valence-electron chi connectivity index (χ0n) is 34.7. The molecule has 0 N–H and O–H groups in total. The summed E-state index contributed by atoms with van der Waals surface area (Å²) in [4.78, 5) is 2.44. The van der Waals surface area contributed by atoms with Crippen molar-refractivity contribution in [2.45, 2.75) is 0 Å². The van der Waals surface area contributed by atoms with Crippen LogP contribution < -0.4 is 4.90 Å². The Hall–Kier alpha value is -8.18. The lowest BCUT2D eigenvalue weighted by Crippen LogP contribution is -2.11. The van der Waals surface area contributed by atoms with Crippen LogP contribution in [0, 0.1) is 0 Å². The van der Waals surface area contributed by atoms with Crippen LogP contribution in [0.25, 0.3) is 103 Å². The Morgan fingerprint density at radius 3 is 1.78 bits per heavy atom. The van der Waals surface area contributed by atoms with E-state index in [-0.39, 0.29) is 0 Å². The van der Waals surface area contributed by atoms with Gasteiger partial charge in [-0.1, -0.05) is 164 Å². The van der Waals surface area contributed by atoms with Gasteiger partial charge in [0, 0.05) is 69.9 Å². The second-order valence-corrected chi connectivity index (χ2v) is 17.5. The summed E-state index contributed by atoms with van der Waals surface area (Å²) >= 11 is 1.87. The molecule has 0 aliphatic carbocycles. The summed E-state index contributed by atoms with van der Waals surface area (Å²) in [6, 6.07) is 83.4. The maximum atomic E-state index is 6.59. The molecule has 0 fully saturated rings. The SMILES string of the molecule is c1ccc(-c2ccc(N(c3cccc(-c4cccc5c4oc4ccccc45)c3)c3ccc4c(sc5ccccc54)c3-c3ccc(-n4c5ccccc5c5ccccc54)cc3)cc2)cc1. The Bertz CT molecular complexity index is 3840. The van der Waals surface area contributed by atoms with Gasteiger partial charge in [0.05, 0.1) is 16.7 Å². The van der Waals surface area contributed by atoms with Gasteiger partial charge in [0.25, 0.3) is 0 Å². The number of rotatable bonds is 7. The van der Waals surface area contributed by atoms with Crippen molar-refractivity contribution in [1.29, 1.82) is 0 Å². The summed E-state index contributed by atoms with van der Waals surface area (Å²) in [6.45, 7) is 0. The minimum Gasteiger partial charge on any atom is -0.455 e. The summed E-state index contributed by atoms with van der Waals surface area (Å²) in [7, 11) is 0. The van der Waals surface area contributed by atoms with Crippen molar-refractivity contribution in [2.24, 2.45) is 0 Å². The Balaban J connectivity index is 1.03. The third kappa shape index (κ3) is 5.81. The highest BCUT2D eigenvalue weighted by molar-refractivity contribution is 7.26. The Kier molecular flexibility index (Phi) is 8.40. The first-order valence-electron chi connectivity index (χ1n) is 21.7. The highest BCUT2D eigenvalue weighted by atomic mass is 32.1. The second kappa shape index (κ2) is 14.7. The third-order valence-electron chi connectivity index (χ3n) is 12.8. The molecule has 300 valence electrons. The van der Waals surface area contributed by atoms with Crippen LogP contribution in [0.4, 0.5) is 17.1 Å². The number of furan rings is 1. The van der Waals surface area contributed by atoms with Crippen LogP contribution >= 0.6 is 11.3 Å². The van der Waals surface area contributed by atoms with Crippen molar-refractivity contribution in [2.75, 3.05) is 4.90 Å². The van der Waals surface area contributed by atoms with Crippen LogP contribution in [-0.2, 0) is 0 Å². The molecule has 13 rings (SSSR count). The average Bonchev–Trinajstić information content (AvgIpc) is 4.05. The van der Waals surface area contributed by atoms with Gasteiger partial charge in [-0.05, 0) is 89.0 Å². The Labute approximate surface area is 373 Å². The topological polar surface area (TPSA) is 21.3 Å². The van der Waals surface area contributed by atoms with Crippen molar-refractivity contribution < 1.29 is 4.42 Å². The number of aromatic nitrogens is 1. The zero-order chi connectivity index (χ0) is 42.1. The number of nitrogens with zero attached hydrogens (tertiary/aromatic N) is 2. The second-order valence-electron chi connectivity index (χ2n) is 16.4. The molecule has 0 bridgehead atoms. The first kappa shape index (κ1) is 36.5. The highest BCUT2D eigenvalue weighted by Gasteiger charge is 2.23. The fourth-order valence-electron chi connectivity index (χ4n) is 9.87. The molecular weight excluding hydrogens is 797 g/mol. The van der Waals surface area contributed by atoms with E-state index in [0.29, 0.717) is 0 Å². The van der Waals surface area contributed by atoms with Gasteiger partial charge in [-0.25, -0.2) is 0 Å². The van der Waals surface area contributed by atoms with Crippen molar-refractivity contribution in [3.8, 4) is 39.1 Å². The maximum absolute atomic E-state index is 6.59. The molecule has 3 nitrogen and oxygen atoms in total. The number of hydrogen-bond donors (Lipinski definition) is 0. The molecule has 4 heteroatoms. The molecular formula is C60H38N2OS. The lowest BCUT2D eigenvalue weighted by molar-refractivity contribution is 0.670. The van der Waals surface area contributed by atoms with E-state index in [4.69, 9.17) is 4.42 Å². The largest absolute Gasteiger partial charge is 0.455 e. The van der Waals surface area contributed by atoms with E-state index in [2.05, 4.69) is 234 Å². The predicted molar refractivity (Wildman–Crippen MR) is 272 cm³/mol. The van der Waals surface area contributed by atoms with Gasteiger partial charge in [0.2, 0.25) is 0 Å². The van der Waals surface area contributed by atoms with Gasteiger partial charge < -0.3 is 13.9 Å². The van der Waals surface area contributed by atoms with Crippen molar-refractivity contribution in [3.05, 3.63) is 231 Å². The van der Waals surface area contributed by atoms with E-state index in [0.717, 1.165) is 61.4 Å². The first-order chi connectivity index (χ1) is 31.7. The van der Waals surface area contributed by atoms with Crippen LogP contribution in [0.3, 0.4) is 0 Å². The van der Waals surface area contributed by atoms with Crippen LogP contribution in [0.15, 0.2) is 235 Å². The molecule has 0 aliphatic heterocycles. The van der Waals surface area contributed by atoms with E-state index in [9.17, 15) is 0 Å². The normalized spacial score (nSPS) is 11.8. The molecule has 0 radical (unpaired) electrons. The number of hydrogen-bond acceptors (Lipinski definition) is 3. The van der Waals surface area contributed by atoms with Crippen LogP contribution in [-0.4, -0.2) is 4.57 Å². The minimum absolute atomic E-state index is 0.895. The Morgan fingerprint density at radius 2 is 1.00 bits per heavy atom. The van der Waals surface area contributed by atoms with Gasteiger partial charge in [-0.3, -0.25) is 0 Å². The monoisotopic (exact) mass is 834 g/mol. The van der Waals surface area contributed by atoms with Crippen molar-refractivity contribution in [1.82, 2.24) is 4.57 Å². The van der Waals surface area contributed by atoms with E-state index in [1.165, 1.54) is 58.7 Å². The average molecular weight is 835 g/mol. The first-order valence-corrected chi connectivity index (χ1v) is 22.6. The summed E-state index contributed by atoms with van der Waals surface area (Å²) in [5, 5.41) is 7.29. The molecule has 0 aliphatic rings. The lowest BCUT2D eigenvalue weighted by atomic mass is 9.97. The number of para-hydroxylation sites is 4. The number of anilines is 3. The molecule has 0 saturated heterocycles. The molecule has 3 heterocycles. The van der Waals surface area contributed by atoms with Gasteiger partial charge in [-0.2, -0.15) is 0 Å². The molecule has 10 aromatic carbocycles. The molecule has 0 saturated carbocycles. The standard InChI is InChI=1S/C60H38N2OS/c1-2-14-39(15-3-1)40-28-32-43(33-29-40)61(45-17-12-16-42(38-45)46-22-13-23-51-49-20-6-10-26-56(49)63-59(46)51)55-37-36-52-50-21-7-11-27-57(50)64-60(52)58(55)41-30-34-44(35-31-41)62-53-24-8-4-18-47(53)48-19-5-9-25-54(48)62/h1-38H. The van der Waals surface area contributed by atoms with E-state index < -0.39 is 0 Å². The smallest absolute Gasteiger partial charge is 0.143 e. The highest BCUT2D eigenvalue weighted by Crippen LogP contribution is 2.49. The number of fused-ring (bicyclic) bond motifs is 9.